The molecular formula is C15H24N4O2. The first kappa shape index (κ1) is 14.5. The van der Waals surface area contributed by atoms with Gasteiger partial charge in [-0.2, -0.15) is 0 Å². The molecule has 0 radical (unpaired) electrons. The molecule has 6 nitrogen and oxygen atoms in total. The summed E-state index contributed by atoms with van der Waals surface area (Å²) in [5.41, 5.74) is 0. The fourth-order valence-electron chi connectivity index (χ4n) is 3.20. The molecule has 116 valence electrons. The summed E-state index contributed by atoms with van der Waals surface area (Å²) in [6, 6.07) is 2.24. The van der Waals surface area contributed by atoms with E-state index in [4.69, 9.17) is 4.74 Å². The molecule has 0 aliphatic carbocycles. The summed E-state index contributed by atoms with van der Waals surface area (Å²) >= 11 is 0. The van der Waals surface area contributed by atoms with Crippen LogP contribution in [-0.4, -0.2) is 60.1 Å². The normalized spacial score (nSPS) is 27.0. The number of anilines is 2. The van der Waals surface area contributed by atoms with Gasteiger partial charge in [0.25, 0.3) is 0 Å². The average molecular weight is 292 g/mol. The summed E-state index contributed by atoms with van der Waals surface area (Å²) in [5, 5.41) is 9.48. The fourth-order valence-corrected chi connectivity index (χ4v) is 3.20. The van der Waals surface area contributed by atoms with E-state index in [9.17, 15) is 5.11 Å². The van der Waals surface area contributed by atoms with Crippen LogP contribution < -0.4 is 9.80 Å². The summed E-state index contributed by atoms with van der Waals surface area (Å²) in [6.45, 7) is 5.89. The molecule has 3 rings (SSSR count). The number of hydrogen-bond donors (Lipinski definition) is 1. The van der Waals surface area contributed by atoms with Crippen molar-refractivity contribution in [3.8, 4) is 0 Å². The van der Waals surface area contributed by atoms with Gasteiger partial charge in [0.05, 0.1) is 18.8 Å². The van der Waals surface area contributed by atoms with Crippen LogP contribution in [0.2, 0.25) is 0 Å². The first-order valence-electron chi connectivity index (χ1n) is 7.84. The van der Waals surface area contributed by atoms with Crippen molar-refractivity contribution in [3.05, 3.63) is 12.4 Å². The number of ether oxygens (including phenoxy) is 1. The molecule has 1 aromatic rings. The van der Waals surface area contributed by atoms with Crippen molar-refractivity contribution in [2.45, 2.75) is 38.3 Å². The van der Waals surface area contributed by atoms with Crippen molar-refractivity contribution >= 4 is 11.6 Å². The van der Waals surface area contributed by atoms with Gasteiger partial charge in [-0.05, 0) is 26.2 Å². The number of hydrogen-bond acceptors (Lipinski definition) is 6. The van der Waals surface area contributed by atoms with Crippen molar-refractivity contribution in [2.24, 2.45) is 0 Å². The van der Waals surface area contributed by atoms with Gasteiger partial charge >= 0.3 is 0 Å². The van der Waals surface area contributed by atoms with Gasteiger partial charge in [-0.3, -0.25) is 0 Å². The zero-order chi connectivity index (χ0) is 14.7. The lowest BCUT2D eigenvalue weighted by Crippen LogP contribution is -2.34. The Morgan fingerprint density at radius 3 is 3.00 bits per heavy atom. The van der Waals surface area contributed by atoms with Crippen LogP contribution in [0, 0.1) is 0 Å². The van der Waals surface area contributed by atoms with E-state index in [1.54, 1.807) is 6.33 Å². The molecule has 0 saturated carbocycles. The lowest BCUT2D eigenvalue weighted by Gasteiger charge is -2.27. The number of nitrogens with zero attached hydrogens (tertiary/aromatic N) is 4. The highest BCUT2D eigenvalue weighted by Crippen LogP contribution is 2.26. The smallest absolute Gasteiger partial charge is 0.134 e. The standard InChI is InChI=1S/C15H24N4O2/c1-12-9-18(5-3-7-21-12)14-8-15(17-11-16-14)19-6-2-4-13(19)10-20/h8,11-13,20H,2-7,9-10H2,1H3. The largest absolute Gasteiger partial charge is 0.394 e. The average Bonchev–Trinajstić information content (AvgIpc) is 2.89. The molecule has 1 N–H and O–H groups in total. The summed E-state index contributed by atoms with van der Waals surface area (Å²) in [7, 11) is 0. The first-order valence-corrected chi connectivity index (χ1v) is 7.84. The molecule has 0 bridgehead atoms. The van der Waals surface area contributed by atoms with E-state index in [-0.39, 0.29) is 18.8 Å². The Hall–Kier alpha value is -1.40. The van der Waals surface area contributed by atoms with Gasteiger partial charge in [-0.15, -0.1) is 0 Å². The van der Waals surface area contributed by atoms with E-state index >= 15 is 0 Å². The molecule has 1 aromatic heterocycles. The summed E-state index contributed by atoms with van der Waals surface area (Å²) in [5.74, 6) is 1.88. The SMILES string of the molecule is CC1CN(c2cc(N3CCCC3CO)ncn2)CCCO1. The predicted octanol–water partition coefficient (Wildman–Crippen LogP) is 1.05. The highest BCUT2D eigenvalue weighted by Gasteiger charge is 2.26. The molecule has 3 heterocycles. The fraction of sp³-hybridized carbons (Fsp3) is 0.733. The van der Waals surface area contributed by atoms with Gasteiger partial charge in [0.2, 0.25) is 0 Å². The molecular weight excluding hydrogens is 268 g/mol. The van der Waals surface area contributed by atoms with Crippen molar-refractivity contribution in [3.63, 3.8) is 0 Å². The van der Waals surface area contributed by atoms with Crippen molar-refractivity contribution < 1.29 is 9.84 Å². The maximum atomic E-state index is 9.48. The minimum atomic E-state index is 0.188. The second-order valence-corrected chi connectivity index (χ2v) is 5.89. The minimum Gasteiger partial charge on any atom is -0.394 e. The van der Waals surface area contributed by atoms with Gasteiger partial charge in [0.1, 0.15) is 18.0 Å². The molecule has 2 fully saturated rings. The van der Waals surface area contributed by atoms with E-state index < -0.39 is 0 Å². The van der Waals surface area contributed by atoms with E-state index in [1.807, 2.05) is 6.07 Å². The van der Waals surface area contributed by atoms with E-state index in [0.29, 0.717) is 0 Å². The molecule has 6 heteroatoms. The Kier molecular flexibility index (Phi) is 4.55. The number of aliphatic hydroxyl groups is 1. The van der Waals surface area contributed by atoms with Crippen molar-refractivity contribution in [1.29, 1.82) is 0 Å². The first-order chi connectivity index (χ1) is 10.3. The summed E-state index contributed by atoms with van der Waals surface area (Å²) in [6.07, 6.45) is 5.02. The van der Waals surface area contributed by atoms with Crippen LogP contribution in [-0.2, 0) is 4.74 Å². The molecule has 2 saturated heterocycles. The Balaban J connectivity index is 1.79. The van der Waals surface area contributed by atoms with Gasteiger partial charge in [0.15, 0.2) is 0 Å². The molecule has 2 aliphatic rings. The molecule has 2 aliphatic heterocycles. The zero-order valence-electron chi connectivity index (χ0n) is 12.6. The summed E-state index contributed by atoms with van der Waals surface area (Å²) < 4.78 is 5.69. The van der Waals surface area contributed by atoms with Crippen LogP contribution in [0.15, 0.2) is 12.4 Å². The van der Waals surface area contributed by atoms with Crippen LogP contribution in [0.25, 0.3) is 0 Å². The Morgan fingerprint density at radius 2 is 2.14 bits per heavy atom. The maximum absolute atomic E-state index is 9.48. The third-order valence-electron chi connectivity index (χ3n) is 4.30. The highest BCUT2D eigenvalue weighted by atomic mass is 16.5. The highest BCUT2D eigenvalue weighted by molar-refractivity contribution is 5.51. The van der Waals surface area contributed by atoms with Gasteiger partial charge in [0, 0.05) is 32.3 Å². The Labute approximate surface area is 125 Å². The number of aliphatic hydroxyl groups excluding tert-OH is 1. The maximum Gasteiger partial charge on any atom is 0.134 e. The predicted molar refractivity (Wildman–Crippen MR) is 81.7 cm³/mol. The second kappa shape index (κ2) is 6.58. The van der Waals surface area contributed by atoms with Crippen LogP contribution in [0.4, 0.5) is 11.6 Å². The summed E-state index contributed by atoms with van der Waals surface area (Å²) in [4.78, 5) is 13.3. The van der Waals surface area contributed by atoms with E-state index in [0.717, 1.165) is 57.1 Å². The molecule has 0 amide bonds. The van der Waals surface area contributed by atoms with Gasteiger partial charge < -0.3 is 19.6 Å². The van der Waals surface area contributed by atoms with Crippen LogP contribution in [0.5, 0.6) is 0 Å². The van der Waals surface area contributed by atoms with E-state index in [1.165, 1.54) is 0 Å². The third kappa shape index (κ3) is 3.27. The minimum absolute atomic E-state index is 0.188. The lowest BCUT2D eigenvalue weighted by molar-refractivity contribution is 0.0820. The Morgan fingerprint density at radius 1 is 1.29 bits per heavy atom. The van der Waals surface area contributed by atoms with Crippen LogP contribution in [0.1, 0.15) is 26.2 Å². The van der Waals surface area contributed by atoms with Gasteiger partial charge in [-0.1, -0.05) is 0 Å². The van der Waals surface area contributed by atoms with Crippen LogP contribution >= 0.6 is 0 Å². The molecule has 0 aromatic carbocycles. The molecule has 0 spiro atoms. The topological polar surface area (TPSA) is 61.7 Å². The monoisotopic (exact) mass is 292 g/mol. The van der Waals surface area contributed by atoms with Crippen LogP contribution in [0.3, 0.4) is 0 Å². The third-order valence-corrected chi connectivity index (χ3v) is 4.30. The van der Waals surface area contributed by atoms with E-state index in [2.05, 4.69) is 26.7 Å². The number of rotatable bonds is 3. The van der Waals surface area contributed by atoms with Gasteiger partial charge in [-0.25, -0.2) is 9.97 Å². The van der Waals surface area contributed by atoms with Crippen molar-refractivity contribution in [2.75, 3.05) is 42.6 Å². The Bertz CT molecular complexity index is 471. The zero-order valence-corrected chi connectivity index (χ0v) is 12.6. The lowest BCUT2D eigenvalue weighted by atomic mass is 10.2. The second-order valence-electron chi connectivity index (χ2n) is 5.89. The molecule has 2 unspecified atom stereocenters. The molecule has 21 heavy (non-hydrogen) atoms. The quantitative estimate of drug-likeness (QED) is 0.898. The molecule has 2 atom stereocenters. The number of aromatic nitrogens is 2. The van der Waals surface area contributed by atoms with Crippen molar-refractivity contribution in [1.82, 2.24) is 9.97 Å².